The zero-order valence-corrected chi connectivity index (χ0v) is 16.2. The number of nitrogens with one attached hydrogen (secondary N) is 1. The number of anilines is 1. The first kappa shape index (κ1) is 18.9. The molecule has 0 spiro atoms. The van der Waals surface area contributed by atoms with E-state index in [9.17, 15) is 4.79 Å². The normalized spacial score (nSPS) is 20.3. The van der Waals surface area contributed by atoms with E-state index in [4.69, 9.17) is 4.74 Å². The highest BCUT2D eigenvalue weighted by atomic mass is 16.5. The van der Waals surface area contributed by atoms with E-state index in [-0.39, 0.29) is 12.0 Å². The third-order valence-corrected chi connectivity index (χ3v) is 5.69. The third kappa shape index (κ3) is 4.87. The van der Waals surface area contributed by atoms with Crippen molar-refractivity contribution in [1.82, 2.24) is 14.9 Å². The zero-order valence-electron chi connectivity index (χ0n) is 16.2. The number of piperidine rings is 1. The maximum Gasteiger partial charge on any atom is 0.272 e. The monoisotopic (exact) mass is 380 g/mol. The van der Waals surface area contributed by atoms with Crippen LogP contribution in [0.5, 0.6) is 0 Å². The maximum absolute atomic E-state index is 12.9. The molecule has 2 fully saturated rings. The van der Waals surface area contributed by atoms with Gasteiger partial charge >= 0.3 is 0 Å². The van der Waals surface area contributed by atoms with Crippen LogP contribution in [0.15, 0.2) is 42.7 Å². The molecule has 28 heavy (non-hydrogen) atoms. The van der Waals surface area contributed by atoms with Gasteiger partial charge in [0, 0.05) is 32.3 Å². The van der Waals surface area contributed by atoms with E-state index in [1.165, 1.54) is 11.9 Å². The standard InChI is InChI=1S/C22H28N4O2/c27-22(20-14-21(25-16-24-20)23-15-19-7-4-12-28-19)26-10-8-18(9-11-26)13-17-5-2-1-3-6-17/h1-3,5-6,14,16,18-19H,4,7-13,15H2,(H,23,24,25). The third-order valence-electron chi connectivity index (χ3n) is 5.69. The second-order valence-corrected chi connectivity index (χ2v) is 7.73. The summed E-state index contributed by atoms with van der Waals surface area (Å²) in [4.78, 5) is 23.2. The smallest absolute Gasteiger partial charge is 0.272 e. The van der Waals surface area contributed by atoms with Crippen LogP contribution in [-0.4, -0.2) is 53.1 Å². The highest BCUT2D eigenvalue weighted by molar-refractivity contribution is 5.92. The Balaban J connectivity index is 1.29. The minimum atomic E-state index is 0.000674. The second kappa shape index (κ2) is 9.15. The molecule has 1 N–H and O–H groups in total. The summed E-state index contributed by atoms with van der Waals surface area (Å²) in [5.41, 5.74) is 1.84. The van der Waals surface area contributed by atoms with Gasteiger partial charge < -0.3 is 15.0 Å². The van der Waals surface area contributed by atoms with Crippen molar-refractivity contribution >= 4 is 11.7 Å². The molecule has 2 aliphatic heterocycles. The minimum absolute atomic E-state index is 0.000674. The quantitative estimate of drug-likeness (QED) is 0.834. The van der Waals surface area contributed by atoms with Crippen LogP contribution >= 0.6 is 0 Å². The number of amides is 1. The average molecular weight is 380 g/mol. The van der Waals surface area contributed by atoms with Gasteiger partial charge in [-0.1, -0.05) is 30.3 Å². The summed E-state index contributed by atoms with van der Waals surface area (Å²) < 4.78 is 5.62. The summed E-state index contributed by atoms with van der Waals surface area (Å²) >= 11 is 0. The molecule has 148 valence electrons. The van der Waals surface area contributed by atoms with Crippen LogP contribution < -0.4 is 5.32 Å². The van der Waals surface area contributed by atoms with Gasteiger partial charge in [0.25, 0.3) is 5.91 Å². The lowest BCUT2D eigenvalue weighted by Gasteiger charge is -2.32. The number of hydrogen-bond acceptors (Lipinski definition) is 5. The van der Waals surface area contributed by atoms with Gasteiger partial charge in [0.05, 0.1) is 6.10 Å². The molecule has 0 radical (unpaired) electrons. The van der Waals surface area contributed by atoms with Crippen molar-refractivity contribution < 1.29 is 9.53 Å². The molecule has 4 rings (SSSR count). The van der Waals surface area contributed by atoms with Crippen molar-refractivity contribution in [3.8, 4) is 0 Å². The fourth-order valence-electron chi connectivity index (χ4n) is 4.04. The first-order valence-electron chi connectivity index (χ1n) is 10.3. The van der Waals surface area contributed by atoms with Crippen LogP contribution in [-0.2, 0) is 11.2 Å². The Labute approximate surface area is 166 Å². The van der Waals surface area contributed by atoms with Gasteiger partial charge in [0.15, 0.2) is 0 Å². The van der Waals surface area contributed by atoms with Gasteiger partial charge in [-0.15, -0.1) is 0 Å². The maximum atomic E-state index is 12.9. The molecule has 0 bridgehead atoms. The molecule has 3 heterocycles. The van der Waals surface area contributed by atoms with Crippen LogP contribution in [0.1, 0.15) is 41.7 Å². The van der Waals surface area contributed by atoms with E-state index >= 15 is 0 Å². The molecule has 0 saturated carbocycles. The number of carbonyl (C=O) groups is 1. The average Bonchev–Trinajstić information content (AvgIpc) is 3.27. The number of carbonyl (C=O) groups excluding carboxylic acids is 1. The van der Waals surface area contributed by atoms with Crippen molar-refractivity contribution in [2.75, 3.05) is 31.6 Å². The molecule has 2 saturated heterocycles. The predicted octanol–water partition coefficient (Wildman–Crippen LogP) is 3.16. The number of ether oxygens (including phenoxy) is 1. The molecule has 1 aromatic heterocycles. The Morgan fingerprint density at radius 1 is 1.14 bits per heavy atom. The molecule has 1 atom stereocenters. The summed E-state index contributed by atoms with van der Waals surface area (Å²) in [6.07, 6.45) is 7.05. The summed E-state index contributed by atoms with van der Waals surface area (Å²) in [6, 6.07) is 12.4. The van der Waals surface area contributed by atoms with E-state index in [1.54, 1.807) is 6.07 Å². The number of rotatable bonds is 6. The Bertz CT molecular complexity index is 769. The van der Waals surface area contributed by atoms with E-state index in [1.807, 2.05) is 4.90 Å². The summed E-state index contributed by atoms with van der Waals surface area (Å²) in [5.74, 6) is 1.33. The molecule has 6 heteroatoms. The van der Waals surface area contributed by atoms with Gasteiger partial charge in [-0.05, 0) is 43.6 Å². The summed E-state index contributed by atoms with van der Waals surface area (Å²) in [6.45, 7) is 3.13. The zero-order chi connectivity index (χ0) is 19.2. The van der Waals surface area contributed by atoms with Gasteiger partial charge in [-0.3, -0.25) is 4.79 Å². The van der Waals surface area contributed by atoms with Crippen molar-refractivity contribution in [3.63, 3.8) is 0 Å². The van der Waals surface area contributed by atoms with Crippen LogP contribution in [0, 0.1) is 5.92 Å². The molecule has 0 aliphatic carbocycles. The van der Waals surface area contributed by atoms with Gasteiger partial charge in [0.2, 0.25) is 0 Å². The van der Waals surface area contributed by atoms with Crippen LogP contribution in [0.25, 0.3) is 0 Å². The van der Waals surface area contributed by atoms with Gasteiger partial charge in [-0.25, -0.2) is 9.97 Å². The van der Waals surface area contributed by atoms with Gasteiger partial charge in [0.1, 0.15) is 17.8 Å². The largest absolute Gasteiger partial charge is 0.376 e. The number of aromatic nitrogens is 2. The van der Waals surface area contributed by atoms with Crippen molar-refractivity contribution in [1.29, 1.82) is 0 Å². The van der Waals surface area contributed by atoms with E-state index < -0.39 is 0 Å². The Morgan fingerprint density at radius 2 is 1.96 bits per heavy atom. The van der Waals surface area contributed by atoms with E-state index in [0.29, 0.717) is 17.4 Å². The van der Waals surface area contributed by atoms with E-state index in [0.717, 1.165) is 58.3 Å². The molecule has 2 aliphatic rings. The Kier molecular flexibility index (Phi) is 6.17. The second-order valence-electron chi connectivity index (χ2n) is 7.73. The first-order valence-corrected chi connectivity index (χ1v) is 10.3. The summed E-state index contributed by atoms with van der Waals surface area (Å²) in [7, 11) is 0. The SMILES string of the molecule is O=C(c1cc(NCC2CCCO2)ncn1)N1CCC(Cc2ccccc2)CC1. The predicted molar refractivity (Wildman–Crippen MR) is 108 cm³/mol. The highest BCUT2D eigenvalue weighted by Crippen LogP contribution is 2.23. The van der Waals surface area contributed by atoms with Crippen LogP contribution in [0.3, 0.4) is 0 Å². The fourth-order valence-corrected chi connectivity index (χ4v) is 4.04. The van der Waals surface area contributed by atoms with E-state index in [2.05, 4.69) is 45.6 Å². The Morgan fingerprint density at radius 3 is 2.71 bits per heavy atom. The number of nitrogens with zero attached hydrogens (tertiary/aromatic N) is 3. The molecule has 6 nitrogen and oxygen atoms in total. The number of likely N-dealkylation sites (tertiary alicyclic amines) is 1. The lowest BCUT2D eigenvalue weighted by atomic mass is 9.90. The van der Waals surface area contributed by atoms with Crippen LogP contribution in [0.2, 0.25) is 0 Å². The number of hydrogen-bond donors (Lipinski definition) is 1. The van der Waals surface area contributed by atoms with Gasteiger partial charge in [-0.2, -0.15) is 0 Å². The molecule has 1 aromatic carbocycles. The topological polar surface area (TPSA) is 67.3 Å². The fraction of sp³-hybridized carbons (Fsp3) is 0.500. The van der Waals surface area contributed by atoms with Crippen molar-refractivity contribution in [2.45, 2.75) is 38.2 Å². The molecule has 2 aromatic rings. The lowest BCUT2D eigenvalue weighted by molar-refractivity contribution is 0.0684. The molecular formula is C22H28N4O2. The molecule has 1 unspecified atom stereocenters. The summed E-state index contributed by atoms with van der Waals surface area (Å²) in [5, 5.41) is 3.27. The molecule has 1 amide bonds. The lowest BCUT2D eigenvalue weighted by Crippen LogP contribution is -2.39. The Hall–Kier alpha value is -2.47. The highest BCUT2D eigenvalue weighted by Gasteiger charge is 2.25. The first-order chi connectivity index (χ1) is 13.8. The minimum Gasteiger partial charge on any atom is -0.376 e. The number of benzene rings is 1. The van der Waals surface area contributed by atoms with Crippen molar-refractivity contribution in [3.05, 3.63) is 54.0 Å². The molecular weight excluding hydrogens is 352 g/mol. The van der Waals surface area contributed by atoms with Crippen molar-refractivity contribution in [2.24, 2.45) is 5.92 Å². The van der Waals surface area contributed by atoms with Crippen LogP contribution in [0.4, 0.5) is 5.82 Å².